The van der Waals surface area contributed by atoms with Crippen LogP contribution < -0.4 is 10.5 Å². The maximum atomic E-state index is 12.1. The average molecular weight is 294 g/mol. The molecule has 0 amide bonds. The van der Waals surface area contributed by atoms with Gasteiger partial charge in [-0.1, -0.05) is 0 Å². The number of pyridine rings is 1. The Hall–Kier alpha value is -2.68. The van der Waals surface area contributed by atoms with Gasteiger partial charge < -0.3 is 5.73 Å². The first-order valence-corrected chi connectivity index (χ1v) is 6.85. The van der Waals surface area contributed by atoms with Crippen molar-refractivity contribution in [1.29, 1.82) is 0 Å². The minimum atomic E-state index is -3.86. The molecule has 1 aromatic heterocycles. The maximum absolute atomic E-state index is 12.1. The van der Waals surface area contributed by atoms with E-state index < -0.39 is 14.9 Å². The first kappa shape index (κ1) is 13.7. The highest BCUT2D eigenvalue weighted by Gasteiger charge is 2.19. The second-order valence-electron chi connectivity index (χ2n) is 3.82. The Morgan fingerprint density at radius 2 is 1.85 bits per heavy atom. The topological polar surface area (TPSA) is 128 Å². The zero-order chi connectivity index (χ0) is 14.8. The molecule has 0 unspecified atom stereocenters. The van der Waals surface area contributed by atoms with E-state index in [0.717, 1.165) is 18.2 Å². The molecule has 2 aromatic rings. The minimum absolute atomic E-state index is 0.155. The van der Waals surface area contributed by atoms with Gasteiger partial charge in [0.05, 0.1) is 15.5 Å². The summed E-state index contributed by atoms with van der Waals surface area (Å²) in [5.41, 5.74) is 5.24. The van der Waals surface area contributed by atoms with E-state index in [9.17, 15) is 18.5 Å². The number of nitrogens with two attached hydrogens (primary N) is 1. The number of nitro benzene ring substituents is 1. The van der Waals surface area contributed by atoms with Gasteiger partial charge in [-0.2, -0.15) is 0 Å². The Morgan fingerprint density at radius 1 is 1.20 bits per heavy atom. The SMILES string of the molecule is Nc1cc(S(=O)(=O)Nc2ccncc2)ccc1[N+](=O)[O-]. The third-order valence-corrected chi connectivity index (χ3v) is 3.82. The number of nitrogen functional groups attached to an aromatic ring is 1. The number of hydrogen-bond acceptors (Lipinski definition) is 6. The normalized spacial score (nSPS) is 11.0. The van der Waals surface area contributed by atoms with Gasteiger partial charge in [0.25, 0.3) is 15.7 Å². The quantitative estimate of drug-likeness (QED) is 0.498. The highest BCUT2D eigenvalue weighted by Crippen LogP contribution is 2.25. The van der Waals surface area contributed by atoms with Crippen LogP contribution >= 0.6 is 0 Å². The van der Waals surface area contributed by atoms with Gasteiger partial charge in [-0.15, -0.1) is 0 Å². The van der Waals surface area contributed by atoms with Crippen molar-refractivity contribution in [2.75, 3.05) is 10.5 Å². The molecule has 0 aliphatic heterocycles. The Balaban J connectivity index is 2.35. The van der Waals surface area contributed by atoms with Crippen molar-refractivity contribution in [2.45, 2.75) is 4.90 Å². The third-order valence-electron chi connectivity index (χ3n) is 2.44. The molecule has 0 fully saturated rings. The molecule has 0 bridgehead atoms. The standard InChI is InChI=1S/C11H10N4O4S/c12-10-7-9(1-2-11(10)15(16)17)20(18,19)14-8-3-5-13-6-4-8/h1-7H,12H2,(H,13,14). The zero-order valence-corrected chi connectivity index (χ0v) is 10.9. The maximum Gasteiger partial charge on any atom is 0.292 e. The lowest BCUT2D eigenvalue weighted by molar-refractivity contribution is -0.383. The molecule has 20 heavy (non-hydrogen) atoms. The van der Waals surface area contributed by atoms with Crippen molar-refractivity contribution in [3.05, 3.63) is 52.8 Å². The van der Waals surface area contributed by atoms with Crippen molar-refractivity contribution in [1.82, 2.24) is 4.98 Å². The van der Waals surface area contributed by atoms with E-state index in [-0.39, 0.29) is 16.3 Å². The molecule has 1 heterocycles. The van der Waals surface area contributed by atoms with Crippen LogP contribution in [0, 0.1) is 10.1 Å². The number of nitrogens with one attached hydrogen (secondary N) is 1. The first-order valence-electron chi connectivity index (χ1n) is 5.37. The number of benzene rings is 1. The largest absolute Gasteiger partial charge is 0.393 e. The molecule has 0 saturated carbocycles. The summed E-state index contributed by atoms with van der Waals surface area (Å²) in [6.45, 7) is 0. The zero-order valence-electron chi connectivity index (χ0n) is 10.1. The Kier molecular flexibility index (Phi) is 3.53. The molecule has 104 valence electrons. The Morgan fingerprint density at radius 3 is 2.40 bits per heavy atom. The summed E-state index contributed by atoms with van der Waals surface area (Å²) in [7, 11) is -3.86. The van der Waals surface area contributed by atoms with Gasteiger partial charge >= 0.3 is 0 Å². The fourth-order valence-electron chi connectivity index (χ4n) is 1.50. The van der Waals surface area contributed by atoms with Crippen molar-refractivity contribution in [2.24, 2.45) is 0 Å². The summed E-state index contributed by atoms with van der Waals surface area (Å²) < 4.78 is 26.5. The van der Waals surface area contributed by atoms with Crippen LogP contribution in [0.15, 0.2) is 47.6 Å². The number of hydrogen-bond donors (Lipinski definition) is 2. The van der Waals surface area contributed by atoms with E-state index in [4.69, 9.17) is 5.73 Å². The van der Waals surface area contributed by atoms with Gasteiger partial charge in [-0.05, 0) is 24.3 Å². The van der Waals surface area contributed by atoms with Gasteiger partial charge in [0.1, 0.15) is 5.69 Å². The molecular formula is C11H10N4O4S. The predicted octanol–water partition coefficient (Wildman–Crippen LogP) is 1.37. The van der Waals surface area contributed by atoms with Crippen molar-refractivity contribution >= 4 is 27.1 Å². The van der Waals surface area contributed by atoms with E-state index in [1.165, 1.54) is 24.5 Å². The van der Waals surface area contributed by atoms with Gasteiger partial charge in [0, 0.05) is 18.5 Å². The molecule has 0 aliphatic carbocycles. The molecule has 3 N–H and O–H groups in total. The van der Waals surface area contributed by atoms with Crippen LogP contribution in [-0.2, 0) is 10.0 Å². The van der Waals surface area contributed by atoms with Crippen LogP contribution in [0.1, 0.15) is 0 Å². The number of sulfonamides is 1. The summed E-state index contributed by atoms with van der Waals surface area (Å²) >= 11 is 0. The number of anilines is 2. The summed E-state index contributed by atoms with van der Waals surface area (Å²) in [6.07, 6.45) is 2.87. The summed E-state index contributed by atoms with van der Waals surface area (Å²) in [4.78, 5) is 13.6. The van der Waals surface area contributed by atoms with Gasteiger partial charge in [0.15, 0.2) is 0 Å². The monoisotopic (exact) mass is 294 g/mol. The number of nitrogens with zero attached hydrogens (tertiary/aromatic N) is 2. The molecule has 8 nitrogen and oxygen atoms in total. The molecule has 0 aliphatic rings. The van der Waals surface area contributed by atoms with Crippen molar-refractivity contribution in [3.8, 4) is 0 Å². The predicted molar refractivity (Wildman–Crippen MR) is 72.6 cm³/mol. The molecule has 2 rings (SSSR count). The van der Waals surface area contributed by atoms with E-state index in [1.807, 2.05) is 0 Å². The van der Waals surface area contributed by atoms with Gasteiger partial charge in [0.2, 0.25) is 0 Å². The summed E-state index contributed by atoms with van der Waals surface area (Å²) in [5, 5.41) is 10.6. The van der Waals surface area contributed by atoms with E-state index >= 15 is 0 Å². The van der Waals surface area contributed by atoms with Crippen molar-refractivity contribution < 1.29 is 13.3 Å². The number of rotatable bonds is 4. The Labute approximate surface area is 114 Å². The molecule has 0 atom stereocenters. The molecule has 0 spiro atoms. The van der Waals surface area contributed by atoms with Crippen LogP contribution in [0.25, 0.3) is 0 Å². The molecular weight excluding hydrogens is 284 g/mol. The third kappa shape index (κ3) is 2.83. The number of aromatic nitrogens is 1. The van der Waals surface area contributed by atoms with Crippen LogP contribution in [0.5, 0.6) is 0 Å². The highest BCUT2D eigenvalue weighted by atomic mass is 32.2. The van der Waals surface area contributed by atoms with Gasteiger partial charge in [-0.25, -0.2) is 8.42 Å². The van der Waals surface area contributed by atoms with E-state index in [2.05, 4.69) is 9.71 Å². The summed E-state index contributed by atoms with van der Waals surface area (Å²) in [6, 6.07) is 6.18. The van der Waals surface area contributed by atoms with E-state index in [1.54, 1.807) is 0 Å². The van der Waals surface area contributed by atoms with Gasteiger partial charge in [-0.3, -0.25) is 19.8 Å². The summed E-state index contributed by atoms with van der Waals surface area (Å²) in [5.74, 6) is 0. The second kappa shape index (κ2) is 5.13. The molecule has 1 aromatic carbocycles. The lowest BCUT2D eigenvalue weighted by Gasteiger charge is -2.08. The Bertz CT molecular complexity index is 746. The second-order valence-corrected chi connectivity index (χ2v) is 5.50. The minimum Gasteiger partial charge on any atom is -0.393 e. The average Bonchev–Trinajstić information content (AvgIpc) is 2.38. The number of nitro groups is 1. The fourth-order valence-corrected chi connectivity index (χ4v) is 2.59. The van der Waals surface area contributed by atoms with E-state index in [0.29, 0.717) is 5.69 Å². The smallest absolute Gasteiger partial charge is 0.292 e. The molecule has 0 radical (unpaired) electrons. The van der Waals surface area contributed by atoms with Crippen LogP contribution in [-0.4, -0.2) is 18.3 Å². The van der Waals surface area contributed by atoms with Crippen molar-refractivity contribution in [3.63, 3.8) is 0 Å². The first-order chi connectivity index (χ1) is 9.40. The lowest BCUT2D eigenvalue weighted by atomic mass is 10.3. The fraction of sp³-hybridized carbons (Fsp3) is 0. The van der Waals surface area contributed by atoms with Crippen LogP contribution in [0.4, 0.5) is 17.1 Å². The highest BCUT2D eigenvalue weighted by molar-refractivity contribution is 7.92. The molecule has 9 heteroatoms. The molecule has 0 saturated heterocycles. The van der Waals surface area contributed by atoms with Crippen LogP contribution in [0.2, 0.25) is 0 Å². The van der Waals surface area contributed by atoms with Crippen LogP contribution in [0.3, 0.4) is 0 Å². The lowest BCUT2D eigenvalue weighted by Crippen LogP contribution is -2.13.